The molecule has 0 heterocycles. The number of aryl methyl sites for hydroxylation is 1. The molecule has 0 saturated heterocycles. The minimum Gasteiger partial charge on any atom is -0.505 e. The molecule has 32 heavy (non-hydrogen) atoms. The molecule has 0 spiro atoms. The first kappa shape index (κ1) is 23.7. The average molecular weight is 460 g/mol. The van der Waals surface area contributed by atoms with E-state index in [1.165, 1.54) is 35.0 Å². The number of hydrogen-bond donors (Lipinski definition) is 3. The van der Waals surface area contributed by atoms with E-state index in [-0.39, 0.29) is 22.6 Å². The molecule has 0 aliphatic heterocycles. The number of amides is 1. The summed E-state index contributed by atoms with van der Waals surface area (Å²) >= 11 is 1.47. The lowest BCUT2D eigenvalue weighted by atomic mass is 10.1. The Labute approximate surface area is 191 Å². The highest BCUT2D eigenvalue weighted by Gasteiger charge is 2.39. The fourth-order valence-corrected chi connectivity index (χ4v) is 4.29. The van der Waals surface area contributed by atoms with Crippen LogP contribution in [0.1, 0.15) is 37.3 Å². The fourth-order valence-electron chi connectivity index (χ4n) is 3.23. The van der Waals surface area contributed by atoms with Gasteiger partial charge in [-0.2, -0.15) is 0 Å². The van der Waals surface area contributed by atoms with Crippen LogP contribution in [0.3, 0.4) is 0 Å². The monoisotopic (exact) mass is 459 g/mol. The van der Waals surface area contributed by atoms with E-state index in [0.717, 1.165) is 23.1 Å². The molecule has 1 saturated carbocycles. The van der Waals surface area contributed by atoms with Crippen LogP contribution < -0.4 is 10.0 Å². The number of halogens is 2. The molecule has 3 N–H and O–H groups in total. The van der Waals surface area contributed by atoms with E-state index < -0.39 is 11.6 Å². The lowest BCUT2D eigenvalue weighted by molar-refractivity contribution is -0.115. The Kier molecular flexibility index (Phi) is 7.45. The normalized spacial score (nSPS) is 17.8. The summed E-state index contributed by atoms with van der Waals surface area (Å²) < 4.78 is 31.1. The maximum atomic E-state index is 14.4. The van der Waals surface area contributed by atoms with Crippen LogP contribution in [-0.4, -0.2) is 28.7 Å². The third-order valence-corrected chi connectivity index (χ3v) is 6.19. The minimum atomic E-state index is -0.638. The zero-order chi connectivity index (χ0) is 23.4. The van der Waals surface area contributed by atoms with Gasteiger partial charge in [-0.15, -0.1) is 0 Å². The Bertz CT molecular complexity index is 1070. The first-order valence-electron chi connectivity index (χ1n) is 10.2. The molecule has 0 aromatic heterocycles. The number of aromatic hydroxyl groups is 1. The van der Waals surface area contributed by atoms with E-state index in [0.29, 0.717) is 17.9 Å². The Balaban J connectivity index is 1.82. The Morgan fingerprint density at radius 1 is 1.19 bits per heavy atom. The summed E-state index contributed by atoms with van der Waals surface area (Å²) in [5, 5.41) is 12.9. The number of phenolic OH excluding ortho intramolecular Hbond substituents is 1. The second-order valence-corrected chi connectivity index (χ2v) is 9.17. The summed E-state index contributed by atoms with van der Waals surface area (Å²) in [5.74, 6) is -0.809. The van der Waals surface area contributed by atoms with Crippen LogP contribution in [0.2, 0.25) is 0 Å². The molecule has 3 rings (SSSR count). The van der Waals surface area contributed by atoms with Gasteiger partial charge in [0.05, 0.1) is 11.4 Å². The van der Waals surface area contributed by atoms with Crippen LogP contribution in [0.5, 0.6) is 5.75 Å². The predicted molar refractivity (Wildman–Crippen MR) is 125 cm³/mol. The van der Waals surface area contributed by atoms with Crippen molar-refractivity contribution in [2.75, 3.05) is 12.4 Å². The van der Waals surface area contributed by atoms with E-state index in [4.69, 9.17) is 0 Å². The lowest BCUT2D eigenvalue weighted by Gasteiger charge is -2.22. The zero-order valence-electron chi connectivity index (χ0n) is 18.4. The minimum absolute atomic E-state index is 0.182. The molecule has 2 unspecified atom stereocenters. The molecule has 2 aromatic rings. The van der Waals surface area contributed by atoms with Crippen molar-refractivity contribution < 1.29 is 18.7 Å². The number of phenols is 1. The molecule has 2 aromatic carbocycles. The van der Waals surface area contributed by atoms with Crippen molar-refractivity contribution in [1.82, 2.24) is 9.62 Å². The molecule has 170 valence electrons. The number of allylic oxidation sites excluding steroid dienone is 2. The molecule has 1 amide bonds. The van der Waals surface area contributed by atoms with Gasteiger partial charge in [-0.1, -0.05) is 17.7 Å². The lowest BCUT2D eigenvalue weighted by Crippen LogP contribution is -2.26. The number of nitrogens with one attached hydrogen (secondary N) is 2. The van der Waals surface area contributed by atoms with Crippen LogP contribution in [0, 0.1) is 18.6 Å². The summed E-state index contributed by atoms with van der Waals surface area (Å²) in [4.78, 5) is 12.9. The number of carbonyl (C=O) groups excluding carboxylic acids is 1. The van der Waals surface area contributed by atoms with Gasteiger partial charge in [0, 0.05) is 12.3 Å². The first-order valence-corrected chi connectivity index (χ1v) is 11.1. The smallest absolute Gasteiger partial charge is 0.215 e. The van der Waals surface area contributed by atoms with Gasteiger partial charge in [0.15, 0.2) is 11.6 Å². The van der Waals surface area contributed by atoms with E-state index in [9.17, 15) is 18.7 Å². The summed E-state index contributed by atoms with van der Waals surface area (Å²) in [7, 11) is 1.59. The largest absolute Gasteiger partial charge is 0.505 e. The maximum Gasteiger partial charge on any atom is 0.215 e. The van der Waals surface area contributed by atoms with Gasteiger partial charge in [-0.05, 0) is 86.5 Å². The third-order valence-electron chi connectivity index (χ3n) is 5.03. The Morgan fingerprint density at radius 3 is 2.56 bits per heavy atom. The summed E-state index contributed by atoms with van der Waals surface area (Å²) in [5.41, 5.74) is 3.55. The molecule has 1 fully saturated rings. The zero-order valence-corrected chi connectivity index (χ0v) is 19.3. The van der Waals surface area contributed by atoms with Gasteiger partial charge < -0.3 is 20.0 Å². The maximum absolute atomic E-state index is 14.4. The van der Waals surface area contributed by atoms with Gasteiger partial charge in [0.25, 0.3) is 0 Å². The van der Waals surface area contributed by atoms with Crippen molar-refractivity contribution in [1.29, 1.82) is 0 Å². The quantitative estimate of drug-likeness (QED) is 0.266. The Morgan fingerprint density at radius 2 is 1.94 bits per heavy atom. The number of benzene rings is 2. The number of hydrogen-bond acceptors (Lipinski definition) is 5. The standard InChI is InChI=1S/C24H27F2N3O2S/c1-14(2)9-21(24(29(4)13-30)27-20-8-5-15(3)10-19(20)26)28-32-23-12-17(23)16-6-7-18(25)22(31)11-16/h5-11,13,17,23,27-28,31H,12H2,1-4H3/b24-21+. The van der Waals surface area contributed by atoms with Crippen LogP contribution in [-0.2, 0) is 4.79 Å². The van der Waals surface area contributed by atoms with Crippen molar-refractivity contribution in [2.24, 2.45) is 0 Å². The van der Waals surface area contributed by atoms with E-state index in [1.54, 1.807) is 32.2 Å². The van der Waals surface area contributed by atoms with E-state index >= 15 is 0 Å². The van der Waals surface area contributed by atoms with Crippen molar-refractivity contribution in [3.8, 4) is 5.75 Å². The molecule has 0 bridgehead atoms. The van der Waals surface area contributed by atoms with Gasteiger partial charge in [0.2, 0.25) is 6.41 Å². The average Bonchev–Trinajstić information content (AvgIpc) is 3.51. The molecule has 5 nitrogen and oxygen atoms in total. The number of rotatable bonds is 9. The first-order chi connectivity index (χ1) is 15.2. The predicted octanol–water partition coefficient (Wildman–Crippen LogP) is 5.41. The van der Waals surface area contributed by atoms with Gasteiger partial charge in [-0.25, -0.2) is 8.78 Å². The van der Waals surface area contributed by atoms with Crippen molar-refractivity contribution in [3.63, 3.8) is 0 Å². The highest BCUT2D eigenvalue weighted by molar-refractivity contribution is 7.98. The molecule has 8 heteroatoms. The van der Waals surface area contributed by atoms with Crippen molar-refractivity contribution in [3.05, 3.63) is 82.3 Å². The second-order valence-electron chi connectivity index (χ2n) is 8.12. The van der Waals surface area contributed by atoms with Crippen LogP contribution in [0.15, 0.2) is 59.6 Å². The SMILES string of the molecule is CC(C)=C/C(NSC1CC1c1ccc(F)c(O)c1)=C(/Nc1ccc(C)cc1F)N(C)C=O. The van der Waals surface area contributed by atoms with Gasteiger partial charge >= 0.3 is 0 Å². The summed E-state index contributed by atoms with van der Waals surface area (Å²) in [6.45, 7) is 5.66. The van der Waals surface area contributed by atoms with Crippen LogP contribution in [0.25, 0.3) is 0 Å². The number of anilines is 1. The summed E-state index contributed by atoms with van der Waals surface area (Å²) in [6, 6.07) is 9.26. The second kappa shape index (κ2) is 10.1. The molecular formula is C24H27F2N3O2S. The molecule has 1 aliphatic rings. The number of carbonyl (C=O) groups is 1. The molecule has 1 aliphatic carbocycles. The molecule has 0 radical (unpaired) electrons. The van der Waals surface area contributed by atoms with Gasteiger partial charge in [0.1, 0.15) is 11.6 Å². The van der Waals surface area contributed by atoms with E-state index in [1.807, 2.05) is 19.9 Å². The topological polar surface area (TPSA) is 64.6 Å². The van der Waals surface area contributed by atoms with Gasteiger partial charge in [-0.3, -0.25) is 4.79 Å². The molecule has 2 atom stereocenters. The number of nitrogens with zero attached hydrogens (tertiary/aromatic N) is 1. The van der Waals surface area contributed by atoms with Crippen LogP contribution in [0.4, 0.5) is 14.5 Å². The highest BCUT2D eigenvalue weighted by Crippen LogP contribution is 2.49. The third kappa shape index (κ3) is 5.82. The van der Waals surface area contributed by atoms with Crippen LogP contribution >= 0.6 is 11.9 Å². The summed E-state index contributed by atoms with van der Waals surface area (Å²) in [6.07, 6.45) is 3.40. The molecular weight excluding hydrogens is 432 g/mol. The Hall–Kier alpha value is -3.00. The van der Waals surface area contributed by atoms with Crippen molar-refractivity contribution >= 4 is 24.0 Å². The fraction of sp³-hybridized carbons (Fsp3) is 0.292. The van der Waals surface area contributed by atoms with E-state index in [2.05, 4.69) is 10.0 Å². The highest BCUT2D eigenvalue weighted by atomic mass is 32.2. The van der Waals surface area contributed by atoms with Crippen molar-refractivity contribution in [2.45, 2.75) is 38.4 Å².